The predicted octanol–water partition coefficient (Wildman–Crippen LogP) is 3.00. The Bertz CT molecular complexity index is 1150. The van der Waals surface area contributed by atoms with Crippen LogP contribution >= 0.6 is 0 Å². The van der Waals surface area contributed by atoms with E-state index in [9.17, 15) is 24.6 Å². The molecule has 0 radical (unpaired) electrons. The van der Waals surface area contributed by atoms with Gasteiger partial charge in [0.15, 0.2) is 12.1 Å². The summed E-state index contributed by atoms with van der Waals surface area (Å²) in [5.41, 5.74) is 6.69. The van der Waals surface area contributed by atoms with Crippen LogP contribution in [0.1, 0.15) is 80.6 Å². The SMILES string of the molecule is CC[C@H]1OC(=O)CC(O)[C@H](C)[C@@H](O[C@@H]2O[C@H](C)C[C@H](N(C)C)[C@H]2O)[C@@H](CCN(C)CCN(C)C(=O)[C@H](C)N)C[C@@H](C)C(=O)/C=C/C(C)=C/[C@@H]1C. The number of aliphatic hydroxyl groups is 2. The minimum absolute atomic E-state index is 0.0208. The molecule has 4 N–H and O–H groups in total. The number of nitrogens with two attached hydrogens (primary N) is 1. The van der Waals surface area contributed by atoms with Crippen LogP contribution in [0, 0.1) is 23.7 Å². The summed E-state index contributed by atoms with van der Waals surface area (Å²) in [6, 6.07) is -0.789. The minimum Gasteiger partial charge on any atom is -0.462 e. The van der Waals surface area contributed by atoms with E-state index in [4.69, 9.17) is 19.9 Å². The Morgan fingerprint density at radius 2 is 1.70 bits per heavy atom. The van der Waals surface area contributed by atoms with Crippen LogP contribution in [0.3, 0.4) is 0 Å². The molecule has 50 heavy (non-hydrogen) atoms. The molecule has 1 amide bonds. The Hall–Kier alpha value is -2.19. The summed E-state index contributed by atoms with van der Waals surface area (Å²) in [4.78, 5) is 44.8. The Kier molecular flexibility index (Phi) is 18.2. The van der Waals surface area contributed by atoms with Gasteiger partial charge in [0.1, 0.15) is 12.2 Å². The fourth-order valence-electron chi connectivity index (χ4n) is 7.05. The molecule has 0 aromatic heterocycles. The number of likely N-dealkylation sites (N-methyl/N-ethyl adjacent to an activating group) is 3. The van der Waals surface area contributed by atoms with E-state index in [1.807, 2.05) is 79.7 Å². The van der Waals surface area contributed by atoms with Crippen molar-refractivity contribution in [1.29, 1.82) is 0 Å². The van der Waals surface area contributed by atoms with Crippen molar-refractivity contribution in [3.8, 4) is 0 Å². The molecule has 0 aromatic rings. The molecule has 0 aliphatic carbocycles. The standard InChI is InChI=1S/C38H68N4O8/c1-12-33-25(4)19-23(2)13-14-31(43)24(3)20-29(15-16-41(10)17-18-42(11)37(47)28(7)39)36(27(6)32(44)22-34(45)49-33)50-38-35(46)30(40(8)9)21-26(5)48-38/h13-14,19,24-30,32-33,35-36,38,44,46H,12,15-18,20-22,39H2,1-11H3/b14-13+,23-19+/t24-,25+,26-,27+,28+,29+,30+,32?,33-,35-,36-,38+/m1/s1. The number of hydrogen-bond acceptors (Lipinski definition) is 11. The smallest absolute Gasteiger partial charge is 0.308 e. The molecule has 2 aliphatic heterocycles. The molecule has 1 unspecified atom stereocenters. The average molecular weight is 709 g/mol. The quantitative estimate of drug-likeness (QED) is 0.272. The van der Waals surface area contributed by atoms with Gasteiger partial charge in [0.25, 0.3) is 0 Å². The zero-order valence-corrected chi connectivity index (χ0v) is 32.6. The molecule has 0 saturated carbocycles. The molecule has 2 rings (SSSR count). The average Bonchev–Trinajstić information content (AvgIpc) is 3.05. The maximum atomic E-state index is 13.5. The van der Waals surface area contributed by atoms with Gasteiger partial charge >= 0.3 is 5.97 Å². The van der Waals surface area contributed by atoms with Gasteiger partial charge in [-0.1, -0.05) is 45.4 Å². The second kappa shape index (κ2) is 20.7. The highest BCUT2D eigenvalue weighted by molar-refractivity contribution is 5.91. The number of carbonyl (C=O) groups excluding carboxylic acids is 3. The van der Waals surface area contributed by atoms with E-state index < -0.39 is 42.5 Å². The van der Waals surface area contributed by atoms with Gasteiger partial charge in [-0.3, -0.25) is 14.4 Å². The van der Waals surface area contributed by atoms with E-state index in [1.54, 1.807) is 24.9 Å². The van der Waals surface area contributed by atoms with Crippen LogP contribution in [-0.2, 0) is 28.6 Å². The summed E-state index contributed by atoms with van der Waals surface area (Å²) in [5.74, 6) is -1.95. The lowest BCUT2D eigenvalue weighted by Crippen LogP contribution is -2.56. The molecule has 12 nitrogen and oxygen atoms in total. The van der Waals surface area contributed by atoms with Crippen LogP contribution in [0.25, 0.3) is 0 Å². The number of ketones is 1. The van der Waals surface area contributed by atoms with Crippen LogP contribution in [-0.4, -0.2) is 139 Å². The van der Waals surface area contributed by atoms with Crippen molar-refractivity contribution in [1.82, 2.24) is 14.7 Å². The van der Waals surface area contributed by atoms with Crippen LogP contribution in [0.2, 0.25) is 0 Å². The van der Waals surface area contributed by atoms with Crippen LogP contribution < -0.4 is 5.73 Å². The largest absolute Gasteiger partial charge is 0.462 e. The van der Waals surface area contributed by atoms with E-state index in [0.717, 1.165) is 5.57 Å². The highest BCUT2D eigenvalue weighted by Gasteiger charge is 2.43. The minimum atomic E-state index is -1.11. The second-order valence-electron chi connectivity index (χ2n) is 15.3. The number of allylic oxidation sites excluding steroid dienone is 3. The van der Waals surface area contributed by atoms with Crippen LogP contribution in [0.4, 0.5) is 0 Å². The maximum absolute atomic E-state index is 13.5. The van der Waals surface area contributed by atoms with Crippen molar-refractivity contribution in [3.63, 3.8) is 0 Å². The molecule has 0 aromatic carbocycles. The second-order valence-corrected chi connectivity index (χ2v) is 15.3. The Labute approximate surface area is 301 Å². The fraction of sp³-hybridized carbons (Fsp3) is 0.816. The molecule has 12 heteroatoms. The molecular formula is C38H68N4O8. The lowest BCUT2D eigenvalue weighted by Gasteiger charge is -2.44. The first kappa shape index (κ1) is 44.0. The highest BCUT2D eigenvalue weighted by Crippen LogP contribution is 2.34. The fourth-order valence-corrected chi connectivity index (χ4v) is 7.05. The van der Waals surface area contributed by atoms with Gasteiger partial charge in [-0.15, -0.1) is 0 Å². The lowest BCUT2D eigenvalue weighted by molar-refractivity contribution is -0.283. The predicted molar refractivity (Wildman–Crippen MR) is 195 cm³/mol. The number of hydrogen-bond donors (Lipinski definition) is 3. The number of nitrogens with zero attached hydrogens (tertiary/aromatic N) is 3. The summed E-state index contributed by atoms with van der Waals surface area (Å²) in [6.07, 6.45) is 3.14. The van der Waals surface area contributed by atoms with Crippen molar-refractivity contribution in [2.75, 3.05) is 47.8 Å². The van der Waals surface area contributed by atoms with E-state index in [0.29, 0.717) is 45.3 Å². The third kappa shape index (κ3) is 13.4. The Morgan fingerprint density at radius 1 is 1.04 bits per heavy atom. The topological polar surface area (TPSA) is 155 Å². The van der Waals surface area contributed by atoms with Gasteiger partial charge in [-0.2, -0.15) is 0 Å². The first-order valence-electron chi connectivity index (χ1n) is 18.5. The van der Waals surface area contributed by atoms with E-state index >= 15 is 0 Å². The molecule has 288 valence electrons. The molecule has 0 bridgehead atoms. The molecule has 1 fully saturated rings. The van der Waals surface area contributed by atoms with Crippen molar-refractivity contribution in [3.05, 3.63) is 23.8 Å². The van der Waals surface area contributed by atoms with E-state index in [1.165, 1.54) is 0 Å². The molecular weight excluding hydrogens is 640 g/mol. The molecule has 0 spiro atoms. The number of amides is 1. The number of aliphatic hydroxyl groups excluding tert-OH is 2. The number of esters is 1. The number of ether oxygens (including phenoxy) is 3. The zero-order valence-electron chi connectivity index (χ0n) is 32.6. The number of carbonyl (C=O) groups is 3. The highest BCUT2D eigenvalue weighted by atomic mass is 16.7. The van der Waals surface area contributed by atoms with Crippen LogP contribution in [0.5, 0.6) is 0 Å². The van der Waals surface area contributed by atoms with Gasteiger partial charge in [0.2, 0.25) is 5.91 Å². The number of cyclic esters (lactones) is 1. The first-order chi connectivity index (χ1) is 23.4. The normalized spacial score (nSPS) is 36.1. The van der Waals surface area contributed by atoms with Crippen molar-refractivity contribution in [2.45, 2.75) is 129 Å². The zero-order chi connectivity index (χ0) is 37.9. The van der Waals surface area contributed by atoms with Gasteiger partial charge in [-0.25, -0.2) is 0 Å². The third-order valence-corrected chi connectivity index (χ3v) is 10.4. The van der Waals surface area contributed by atoms with Gasteiger partial charge in [0, 0.05) is 43.9 Å². The summed E-state index contributed by atoms with van der Waals surface area (Å²) in [6.45, 7) is 14.9. The summed E-state index contributed by atoms with van der Waals surface area (Å²) in [5, 5.41) is 23.0. The van der Waals surface area contributed by atoms with Gasteiger partial charge in [-0.05, 0) is 86.1 Å². The lowest BCUT2D eigenvalue weighted by atomic mass is 9.79. The first-order valence-corrected chi connectivity index (χ1v) is 18.5. The summed E-state index contributed by atoms with van der Waals surface area (Å²) >= 11 is 0. The summed E-state index contributed by atoms with van der Waals surface area (Å²) in [7, 11) is 7.53. The van der Waals surface area contributed by atoms with Crippen molar-refractivity contribution >= 4 is 17.7 Å². The maximum Gasteiger partial charge on any atom is 0.308 e. The molecule has 1 saturated heterocycles. The Morgan fingerprint density at radius 3 is 2.30 bits per heavy atom. The Balaban J connectivity index is 2.52. The monoisotopic (exact) mass is 709 g/mol. The summed E-state index contributed by atoms with van der Waals surface area (Å²) < 4.78 is 18.8. The van der Waals surface area contributed by atoms with Crippen LogP contribution in [0.15, 0.2) is 23.8 Å². The molecule has 2 heterocycles. The number of rotatable bonds is 11. The van der Waals surface area contributed by atoms with E-state index in [-0.39, 0.29) is 54.1 Å². The van der Waals surface area contributed by atoms with Gasteiger partial charge in [0.05, 0.1) is 30.8 Å². The molecule has 12 atom stereocenters. The van der Waals surface area contributed by atoms with Gasteiger partial charge < -0.3 is 44.9 Å². The molecule has 2 aliphatic rings. The van der Waals surface area contributed by atoms with Crippen molar-refractivity contribution in [2.24, 2.45) is 29.4 Å². The van der Waals surface area contributed by atoms with E-state index in [2.05, 4.69) is 4.90 Å². The van der Waals surface area contributed by atoms with Crippen molar-refractivity contribution < 1.29 is 38.8 Å². The third-order valence-electron chi connectivity index (χ3n) is 10.4.